The molecule has 0 aliphatic carbocycles. The standard InChI is InChI=1S/C25H24N2O4/c1-29-23-12-7-8-18(25(23)30-2)14-27(16-20-9-5-6-13-26-20)15-19-17-31-22-11-4-3-10-21(22)24(19)28/h3-13,17H,14-16H2,1-2H3. The molecule has 0 N–H and O–H groups in total. The van der Waals surface area contributed by atoms with Crippen molar-refractivity contribution in [1.29, 1.82) is 0 Å². The summed E-state index contributed by atoms with van der Waals surface area (Å²) >= 11 is 0. The van der Waals surface area contributed by atoms with Crippen LogP contribution in [0.5, 0.6) is 11.5 Å². The van der Waals surface area contributed by atoms with E-state index in [9.17, 15) is 4.79 Å². The van der Waals surface area contributed by atoms with Crippen molar-refractivity contribution in [2.75, 3.05) is 14.2 Å². The van der Waals surface area contributed by atoms with Crippen molar-refractivity contribution in [2.24, 2.45) is 0 Å². The van der Waals surface area contributed by atoms with Gasteiger partial charge in [0.2, 0.25) is 0 Å². The number of hydrogen-bond donors (Lipinski definition) is 0. The highest BCUT2D eigenvalue weighted by Crippen LogP contribution is 2.32. The summed E-state index contributed by atoms with van der Waals surface area (Å²) in [7, 11) is 3.25. The van der Waals surface area contributed by atoms with E-state index in [2.05, 4.69) is 9.88 Å². The number of methoxy groups -OCH3 is 2. The Labute approximate surface area is 180 Å². The van der Waals surface area contributed by atoms with Gasteiger partial charge < -0.3 is 13.9 Å². The number of para-hydroxylation sites is 2. The fourth-order valence-electron chi connectivity index (χ4n) is 3.68. The van der Waals surface area contributed by atoms with Gasteiger partial charge in [0, 0.05) is 37.0 Å². The van der Waals surface area contributed by atoms with Gasteiger partial charge in [-0.2, -0.15) is 0 Å². The Morgan fingerprint density at radius 3 is 2.45 bits per heavy atom. The summed E-state index contributed by atoms with van der Waals surface area (Å²) in [5.41, 5.74) is 3.03. The maximum atomic E-state index is 13.0. The normalized spacial score (nSPS) is 11.1. The summed E-state index contributed by atoms with van der Waals surface area (Å²) in [6.45, 7) is 1.51. The van der Waals surface area contributed by atoms with Crippen LogP contribution in [0.25, 0.3) is 11.0 Å². The van der Waals surface area contributed by atoms with Gasteiger partial charge in [-0.1, -0.05) is 30.3 Å². The third kappa shape index (κ3) is 4.59. The van der Waals surface area contributed by atoms with Crippen LogP contribution >= 0.6 is 0 Å². The number of aromatic nitrogens is 1. The van der Waals surface area contributed by atoms with Crippen molar-refractivity contribution in [3.8, 4) is 11.5 Å². The molecule has 0 atom stereocenters. The van der Waals surface area contributed by atoms with Crippen molar-refractivity contribution in [3.63, 3.8) is 0 Å². The summed E-state index contributed by atoms with van der Waals surface area (Å²) in [4.78, 5) is 19.6. The van der Waals surface area contributed by atoms with E-state index in [-0.39, 0.29) is 5.43 Å². The summed E-state index contributed by atoms with van der Waals surface area (Å²) in [5.74, 6) is 1.35. The third-order valence-electron chi connectivity index (χ3n) is 5.14. The lowest BCUT2D eigenvalue weighted by molar-refractivity contribution is 0.237. The average molecular weight is 416 g/mol. The van der Waals surface area contributed by atoms with E-state index in [1.807, 2.05) is 48.5 Å². The highest BCUT2D eigenvalue weighted by atomic mass is 16.5. The van der Waals surface area contributed by atoms with Crippen molar-refractivity contribution in [2.45, 2.75) is 19.6 Å². The molecule has 0 saturated carbocycles. The fraction of sp³-hybridized carbons (Fsp3) is 0.200. The van der Waals surface area contributed by atoms with Gasteiger partial charge in [0.05, 0.1) is 31.6 Å². The Balaban J connectivity index is 1.69. The molecule has 0 spiro atoms. The Morgan fingerprint density at radius 1 is 0.871 bits per heavy atom. The van der Waals surface area contributed by atoms with E-state index >= 15 is 0 Å². The minimum Gasteiger partial charge on any atom is -0.493 e. The van der Waals surface area contributed by atoms with Gasteiger partial charge in [-0.15, -0.1) is 0 Å². The molecule has 6 nitrogen and oxygen atoms in total. The zero-order valence-corrected chi connectivity index (χ0v) is 17.6. The van der Waals surface area contributed by atoms with Gasteiger partial charge in [-0.3, -0.25) is 14.7 Å². The average Bonchev–Trinajstić information content (AvgIpc) is 2.81. The Bertz CT molecular complexity index is 1220. The van der Waals surface area contributed by atoms with Crippen molar-refractivity contribution in [3.05, 3.63) is 100 Å². The van der Waals surface area contributed by atoms with Crippen molar-refractivity contribution < 1.29 is 13.9 Å². The molecule has 2 heterocycles. The third-order valence-corrected chi connectivity index (χ3v) is 5.14. The zero-order chi connectivity index (χ0) is 21.6. The van der Waals surface area contributed by atoms with Gasteiger partial charge in [0.1, 0.15) is 5.58 Å². The molecule has 0 unspecified atom stereocenters. The Morgan fingerprint density at radius 2 is 1.68 bits per heavy atom. The predicted molar refractivity (Wildman–Crippen MR) is 119 cm³/mol. The summed E-state index contributed by atoms with van der Waals surface area (Å²) in [6, 6.07) is 18.9. The molecule has 2 aromatic heterocycles. The lowest BCUT2D eigenvalue weighted by atomic mass is 10.1. The van der Waals surface area contributed by atoms with Crippen LogP contribution in [0.4, 0.5) is 0 Å². The topological polar surface area (TPSA) is 64.8 Å². The van der Waals surface area contributed by atoms with E-state index in [1.54, 1.807) is 38.8 Å². The second-order valence-electron chi connectivity index (χ2n) is 7.21. The smallest absolute Gasteiger partial charge is 0.197 e. The molecule has 0 saturated heterocycles. The SMILES string of the molecule is COc1cccc(CN(Cc2ccccn2)Cc2coc3ccccc3c2=O)c1OC. The maximum absolute atomic E-state index is 13.0. The molecule has 4 aromatic rings. The molecule has 0 radical (unpaired) electrons. The van der Waals surface area contributed by atoms with Crippen LogP contribution in [0.3, 0.4) is 0 Å². The summed E-state index contributed by atoms with van der Waals surface area (Å²) in [6.07, 6.45) is 3.32. The first kappa shape index (κ1) is 20.6. The molecule has 0 bridgehead atoms. The highest BCUT2D eigenvalue weighted by molar-refractivity contribution is 5.76. The van der Waals surface area contributed by atoms with E-state index in [0.29, 0.717) is 47.7 Å². The summed E-state index contributed by atoms with van der Waals surface area (Å²) < 4.78 is 16.8. The van der Waals surface area contributed by atoms with Crippen LogP contribution in [0.15, 0.2) is 82.3 Å². The molecular formula is C25H24N2O4. The van der Waals surface area contributed by atoms with Gasteiger partial charge >= 0.3 is 0 Å². The molecule has 0 aliphatic heterocycles. The minimum absolute atomic E-state index is 0.0227. The highest BCUT2D eigenvalue weighted by Gasteiger charge is 2.17. The van der Waals surface area contributed by atoms with Crippen LogP contribution in [-0.2, 0) is 19.6 Å². The maximum Gasteiger partial charge on any atom is 0.197 e. The van der Waals surface area contributed by atoms with E-state index in [4.69, 9.17) is 13.9 Å². The molecule has 0 fully saturated rings. The second-order valence-corrected chi connectivity index (χ2v) is 7.21. The van der Waals surface area contributed by atoms with Crippen LogP contribution < -0.4 is 14.9 Å². The van der Waals surface area contributed by atoms with Crippen molar-refractivity contribution in [1.82, 2.24) is 9.88 Å². The largest absolute Gasteiger partial charge is 0.493 e. The van der Waals surface area contributed by atoms with Gasteiger partial charge in [0.25, 0.3) is 0 Å². The molecule has 4 rings (SSSR count). The van der Waals surface area contributed by atoms with E-state index in [0.717, 1.165) is 11.3 Å². The van der Waals surface area contributed by atoms with Crippen LogP contribution in [0.1, 0.15) is 16.8 Å². The number of ether oxygens (including phenoxy) is 2. The Hall–Kier alpha value is -3.64. The lowest BCUT2D eigenvalue weighted by Crippen LogP contribution is -2.26. The minimum atomic E-state index is -0.0227. The molecule has 0 amide bonds. The monoisotopic (exact) mass is 416 g/mol. The van der Waals surface area contributed by atoms with Crippen LogP contribution in [-0.4, -0.2) is 24.1 Å². The summed E-state index contributed by atoms with van der Waals surface area (Å²) in [5, 5.41) is 0.580. The van der Waals surface area contributed by atoms with Gasteiger partial charge in [0.15, 0.2) is 16.9 Å². The number of fused-ring (bicyclic) bond motifs is 1. The first-order chi connectivity index (χ1) is 15.2. The van der Waals surface area contributed by atoms with Crippen LogP contribution in [0, 0.1) is 0 Å². The number of nitrogens with zero attached hydrogens (tertiary/aromatic N) is 2. The molecule has 6 heteroatoms. The van der Waals surface area contributed by atoms with Gasteiger partial charge in [-0.25, -0.2) is 0 Å². The molecule has 158 valence electrons. The lowest BCUT2D eigenvalue weighted by Gasteiger charge is -2.23. The molecule has 31 heavy (non-hydrogen) atoms. The van der Waals surface area contributed by atoms with Crippen molar-refractivity contribution >= 4 is 11.0 Å². The second kappa shape index (κ2) is 9.45. The van der Waals surface area contributed by atoms with E-state index < -0.39 is 0 Å². The number of rotatable bonds is 8. The predicted octanol–water partition coefficient (Wildman–Crippen LogP) is 4.41. The fourth-order valence-corrected chi connectivity index (χ4v) is 3.68. The quantitative estimate of drug-likeness (QED) is 0.424. The zero-order valence-electron chi connectivity index (χ0n) is 17.6. The molecule has 2 aromatic carbocycles. The van der Waals surface area contributed by atoms with Gasteiger partial charge in [-0.05, 0) is 30.3 Å². The first-order valence-electron chi connectivity index (χ1n) is 10.0. The number of benzene rings is 2. The van der Waals surface area contributed by atoms with Crippen LogP contribution in [0.2, 0.25) is 0 Å². The Kier molecular flexibility index (Phi) is 6.29. The first-order valence-corrected chi connectivity index (χ1v) is 10.0. The molecular weight excluding hydrogens is 392 g/mol. The van der Waals surface area contributed by atoms with E-state index in [1.165, 1.54) is 0 Å². The molecule has 0 aliphatic rings. The number of hydrogen-bond acceptors (Lipinski definition) is 6. The number of pyridine rings is 1.